The van der Waals surface area contributed by atoms with E-state index in [1.807, 2.05) is 18.2 Å². The summed E-state index contributed by atoms with van der Waals surface area (Å²) in [5.74, 6) is 0.272. The lowest BCUT2D eigenvalue weighted by atomic mass is 9.65. The van der Waals surface area contributed by atoms with Gasteiger partial charge in [0, 0.05) is 5.41 Å². The normalized spacial score (nSPS) is 28.9. The third-order valence-corrected chi connectivity index (χ3v) is 5.24. The summed E-state index contributed by atoms with van der Waals surface area (Å²) in [5, 5.41) is 24.1. The van der Waals surface area contributed by atoms with Crippen LogP contribution in [0.15, 0.2) is 18.2 Å². The molecule has 2 N–H and O–H groups in total. The van der Waals surface area contributed by atoms with E-state index in [-0.39, 0.29) is 11.3 Å². The van der Waals surface area contributed by atoms with Crippen molar-refractivity contribution < 1.29 is 5.11 Å². The van der Waals surface area contributed by atoms with Gasteiger partial charge in [-0.15, -0.1) is 0 Å². The fourth-order valence-corrected chi connectivity index (χ4v) is 4.14. The Labute approximate surface area is 120 Å². The first-order valence-corrected chi connectivity index (χ1v) is 7.45. The van der Waals surface area contributed by atoms with Crippen LogP contribution in [0.2, 0.25) is 0 Å². The smallest absolute Gasteiger partial charge is 0.0991 e. The van der Waals surface area contributed by atoms with Crippen molar-refractivity contribution >= 4 is 0 Å². The first-order chi connectivity index (χ1) is 9.49. The van der Waals surface area contributed by atoms with Crippen LogP contribution in [0.1, 0.15) is 43.4 Å². The van der Waals surface area contributed by atoms with Crippen LogP contribution in [0, 0.1) is 22.7 Å². The van der Waals surface area contributed by atoms with E-state index in [2.05, 4.69) is 25.2 Å². The third kappa shape index (κ3) is 1.79. The van der Waals surface area contributed by atoms with E-state index in [1.54, 1.807) is 0 Å². The number of aliphatic hydroxyl groups is 1. The van der Waals surface area contributed by atoms with Crippen molar-refractivity contribution in [2.24, 2.45) is 11.3 Å². The number of fused-ring (bicyclic) bond motifs is 1. The molecule has 1 aromatic rings. The fraction of sp³-hybridized carbons (Fsp3) is 0.588. The molecule has 3 heteroatoms. The van der Waals surface area contributed by atoms with Crippen LogP contribution >= 0.6 is 0 Å². The van der Waals surface area contributed by atoms with Gasteiger partial charge in [0.2, 0.25) is 0 Å². The zero-order chi connectivity index (χ0) is 14.4. The second kappa shape index (κ2) is 4.58. The molecule has 1 aliphatic heterocycles. The van der Waals surface area contributed by atoms with Gasteiger partial charge in [0.25, 0.3) is 0 Å². The summed E-state index contributed by atoms with van der Waals surface area (Å²) >= 11 is 0. The summed E-state index contributed by atoms with van der Waals surface area (Å²) in [5.41, 5.74) is 1.86. The van der Waals surface area contributed by atoms with Gasteiger partial charge in [-0.2, -0.15) is 5.26 Å². The molecule has 1 fully saturated rings. The Kier molecular flexibility index (Phi) is 3.12. The molecule has 1 aromatic carbocycles. The van der Waals surface area contributed by atoms with E-state index in [4.69, 9.17) is 5.26 Å². The molecule has 0 radical (unpaired) electrons. The minimum Gasteiger partial charge on any atom is -0.384 e. The van der Waals surface area contributed by atoms with Crippen molar-refractivity contribution in [3.05, 3.63) is 34.9 Å². The molecule has 1 atom stereocenters. The van der Waals surface area contributed by atoms with Gasteiger partial charge in [-0.3, -0.25) is 0 Å². The van der Waals surface area contributed by atoms with Gasteiger partial charge in [-0.1, -0.05) is 19.9 Å². The summed E-state index contributed by atoms with van der Waals surface area (Å²) in [7, 11) is 0. The molecule has 1 saturated heterocycles. The van der Waals surface area contributed by atoms with Crippen LogP contribution in [0.3, 0.4) is 0 Å². The molecular weight excluding hydrogens is 248 g/mol. The molecule has 3 nitrogen and oxygen atoms in total. The summed E-state index contributed by atoms with van der Waals surface area (Å²) in [6.45, 7) is 6.24. The maximum absolute atomic E-state index is 11.6. The van der Waals surface area contributed by atoms with Crippen molar-refractivity contribution in [2.75, 3.05) is 13.1 Å². The Morgan fingerprint density at radius 3 is 2.65 bits per heavy atom. The predicted octanol–water partition coefficient (Wildman–Crippen LogP) is 2.33. The minimum absolute atomic E-state index is 0.175. The molecule has 20 heavy (non-hydrogen) atoms. The molecule has 1 heterocycles. The zero-order valence-electron chi connectivity index (χ0n) is 12.2. The Bertz CT molecular complexity index is 567. The number of hydrogen-bond donors (Lipinski definition) is 2. The number of piperidine rings is 1. The molecule has 1 unspecified atom stereocenters. The summed E-state index contributed by atoms with van der Waals surface area (Å²) < 4.78 is 0. The zero-order valence-corrected chi connectivity index (χ0v) is 12.2. The summed E-state index contributed by atoms with van der Waals surface area (Å²) in [4.78, 5) is 0. The summed E-state index contributed by atoms with van der Waals surface area (Å²) in [6.07, 6.45) is 2.88. The van der Waals surface area contributed by atoms with Crippen molar-refractivity contribution in [3.8, 4) is 6.07 Å². The molecule has 0 saturated carbocycles. The minimum atomic E-state index is -0.808. The highest BCUT2D eigenvalue weighted by Gasteiger charge is 2.55. The van der Waals surface area contributed by atoms with E-state index in [0.29, 0.717) is 5.56 Å². The van der Waals surface area contributed by atoms with Gasteiger partial charge in [-0.05, 0) is 61.5 Å². The SMILES string of the molecule is CC1(C)Cc2ccc(C#N)cc2C1(O)C1CCNCC1. The second-order valence-electron chi connectivity index (χ2n) is 6.84. The number of nitrogens with one attached hydrogen (secondary N) is 1. The maximum atomic E-state index is 11.6. The molecule has 0 spiro atoms. The standard InChI is InChI=1S/C17H22N2O/c1-16(2)10-13-4-3-12(11-18)9-15(13)17(16,20)14-5-7-19-8-6-14/h3-4,9,14,19-20H,5-8,10H2,1-2H3. The van der Waals surface area contributed by atoms with Gasteiger partial charge in [0.05, 0.1) is 17.2 Å². The lowest BCUT2D eigenvalue weighted by Gasteiger charge is -2.45. The number of hydrogen-bond acceptors (Lipinski definition) is 3. The fourth-order valence-electron chi connectivity index (χ4n) is 4.14. The maximum Gasteiger partial charge on any atom is 0.0991 e. The molecule has 3 rings (SSSR count). The van der Waals surface area contributed by atoms with E-state index in [0.717, 1.165) is 37.9 Å². The Hall–Kier alpha value is -1.37. The van der Waals surface area contributed by atoms with Crippen molar-refractivity contribution in [2.45, 2.75) is 38.7 Å². The van der Waals surface area contributed by atoms with Gasteiger partial charge in [0.15, 0.2) is 0 Å². The summed E-state index contributed by atoms with van der Waals surface area (Å²) in [6, 6.07) is 8.00. The van der Waals surface area contributed by atoms with Gasteiger partial charge in [-0.25, -0.2) is 0 Å². The van der Waals surface area contributed by atoms with E-state index in [9.17, 15) is 5.11 Å². The van der Waals surface area contributed by atoms with E-state index in [1.165, 1.54) is 5.56 Å². The van der Waals surface area contributed by atoms with Crippen molar-refractivity contribution in [1.82, 2.24) is 5.32 Å². The Morgan fingerprint density at radius 2 is 2.00 bits per heavy atom. The van der Waals surface area contributed by atoms with Crippen LogP contribution in [-0.2, 0) is 12.0 Å². The van der Waals surface area contributed by atoms with E-state index >= 15 is 0 Å². The highest BCUT2D eigenvalue weighted by Crippen LogP contribution is 2.55. The molecule has 106 valence electrons. The molecular formula is C17H22N2O. The largest absolute Gasteiger partial charge is 0.384 e. The van der Waals surface area contributed by atoms with Crippen molar-refractivity contribution in [3.63, 3.8) is 0 Å². The van der Waals surface area contributed by atoms with Crippen LogP contribution < -0.4 is 5.32 Å². The van der Waals surface area contributed by atoms with Crippen LogP contribution in [0.25, 0.3) is 0 Å². The first kappa shape index (κ1) is 13.6. The van der Waals surface area contributed by atoms with Crippen LogP contribution in [0.4, 0.5) is 0 Å². The van der Waals surface area contributed by atoms with Gasteiger partial charge >= 0.3 is 0 Å². The topological polar surface area (TPSA) is 56.0 Å². The average Bonchev–Trinajstić information content (AvgIpc) is 2.67. The average molecular weight is 270 g/mol. The molecule has 0 amide bonds. The Morgan fingerprint density at radius 1 is 1.30 bits per heavy atom. The quantitative estimate of drug-likeness (QED) is 0.823. The monoisotopic (exact) mass is 270 g/mol. The molecule has 0 aromatic heterocycles. The first-order valence-electron chi connectivity index (χ1n) is 7.45. The number of nitriles is 1. The molecule has 1 aliphatic carbocycles. The highest BCUT2D eigenvalue weighted by molar-refractivity contribution is 5.46. The lowest BCUT2D eigenvalue weighted by molar-refractivity contribution is -0.115. The predicted molar refractivity (Wildman–Crippen MR) is 78.1 cm³/mol. The molecule has 0 bridgehead atoms. The lowest BCUT2D eigenvalue weighted by Crippen LogP contribution is -2.48. The Balaban J connectivity index is 2.11. The second-order valence-corrected chi connectivity index (χ2v) is 6.84. The van der Waals surface area contributed by atoms with Gasteiger partial charge < -0.3 is 10.4 Å². The molecule has 2 aliphatic rings. The number of benzene rings is 1. The highest BCUT2D eigenvalue weighted by atomic mass is 16.3. The van der Waals surface area contributed by atoms with Crippen LogP contribution in [0.5, 0.6) is 0 Å². The third-order valence-electron chi connectivity index (χ3n) is 5.24. The number of nitrogens with zero attached hydrogens (tertiary/aromatic N) is 1. The number of rotatable bonds is 1. The van der Waals surface area contributed by atoms with Crippen LogP contribution in [-0.4, -0.2) is 18.2 Å². The van der Waals surface area contributed by atoms with Crippen molar-refractivity contribution in [1.29, 1.82) is 5.26 Å². The van der Waals surface area contributed by atoms with Gasteiger partial charge in [0.1, 0.15) is 0 Å². The van der Waals surface area contributed by atoms with E-state index < -0.39 is 5.60 Å².